The van der Waals surface area contributed by atoms with Crippen LogP contribution in [0.2, 0.25) is 0 Å². The Hall–Kier alpha value is -2.14. The SMILES string of the molecule is Cc1ccccc1C=NNC(=O)COc1ccc(Br)cc1C. The Morgan fingerprint density at radius 1 is 1.23 bits per heavy atom. The molecule has 0 aliphatic rings. The highest BCUT2D eigenvalue weighted by Gasteiger charge is 2.04. The number of hydrogen-bond donors (Lipinski definition) is 1. The predicted molar refractivity (Wildman–Crippen MR) is 91.3 cm³/mol. The number of rotatable bonds is 5. The summed E-state index contributed by atoms with van der Waals surface area (Å²) in [7, 11) is 0. The van der Waals surface area contributed by atoms with Crippen molar-refractivity contribution in [3.8, 4) is 5.75 Å². The lowest BCUT2D eigenvalue weighted by molar-refractivity contribution is -0.123. The molecule has 0 fully saturated rings. The van der Waals surface area contributed by atoms with Gasteiger partial charge in [-0.1, -0.05) is 40.2 Å². The van der Waals surface area contributed by atoms with E-state index in [0.717, 1.165) is 21.2 Å². The van der Waals surface area contributed by atoms with Crippen molar-refractivity contribution in [3.05, 3.63) is 63.6 Å². The summed E-state index contributed by atoms with van der Waals surface area (Å²) in [5, 5.41) is 3.94. The van der Waals surface area contributed by atoms with Crippen molar-refractivity contribution in [2.45, 2.75) is 13.8 Å². The third-order valence-electron chi connectivity index (χ3n) is 3.08. The molecular weight excluding hydrogens is 344 g/mol. The minimum absolute atomic E-state index is 0.0758. The molecule has 0 aliphatic heterocycles. The van der Waals surface area contributed by atoms with E-state index in [4.69, 9.17) is 4.74 Å². The molecule has 1 amide bonds. The van der Waals surface area contributed by atoms with Crippen molar-refractivity contribution in [2.24, 2.45) is 5.10 Å². The van der Waals surface area contributed by atoms with Crippen molar-refractivity contribution in [1.29, 1.82) is 0 Å². The molecule has 0 heterocycles. The van der Waals surface area contributed by atoms with E-state index in [1.165, 1.54) is 0 Å². The van der Waals surface area contributed by atoms with E-state index in [-0.39, 0.29) is 12.5 Å². The van der Waals surface area contributed by atoms with Crippen molar-refractivity contribution >= 4 is 28.1 Å². The fourth-order valence-electron chi connectivity index (χ4n) is 1.86. The van der Waals surface area contributed by atoms with Gasteiger partial charge in [0.05, 0.1) is 6.21 Å². The second kappa shape index (κ2) is 7.75. The zero-order chi connectivity index (χ0) is 15.9. The zero-order valence-corrected chi connectivity index (χ0v) is 14.1. The summed E-state index contributed by atoms with van der Waals surface area (Å²) in [6.45, 7) is 3.84. The van der Waals surface area contributed by atoms with Crippen LogP contribution in [0.15, 0.2) is 52.0 Å². The van der Waals surface area contributed by atoms with E-state index in [1.54, 1.807) is 6.21 Å². The quantitative estimate of drug-likeness (QED) is 0.654. The second-order valence-electron chi connectivity index (χ2n) is 4.85. The van der Waals surface area contributed by atoms with E-state index < -0.39 is 0 Å². The van der Waals surface area contributed by atoms with Gasteiger partial charge in [0.25, 0.3) is 5.91 Å². The van der Waals surface area contributed by atoms with Crippen LogP contribution in [0, 0.1) is 13.8 Å². The summed E-state index contributed by atoms with van der Waals surface area (Å²) in [5.41, 5.74) is 5.48. The second-order valence-corrected chi connectivity index (χ2v) is 5.76. The van der Waals surface area contributed by atoms with Crippen LogP contribution in [0.3, 0.4) is 0 Å². The first-order valence-corrected chi connectivity index (χ1v) is 7.62. The molecular formula is C17H17BrN2O2. The summed E-state index contributed by atoms with van der Waals surface area (Å²) in [5.74, 6) is 0.383. The number of hydrogen-bond acceptors (Lipinski definition) is 3. The number of hydrazone groups is 1. The number of ether oxygens (including phenoxy) is 1. The number of halogens is 1. The first-order chi connectivity index (χ1) is 10.6. The van der Waals surface area contributed by atoms with Crippen LogP contribution in [-0.2, 0) is 4.79 Å². The van der Waals surface area contributed by atoms with Gasteiger partial charge >= 0.3 is 0 Å². The molecule has 0 aromatic heterocycles. The lowest BCUT2D eigenvalue weighted by Gasteiger charge is -2.08. The van der Waals surface area contributed by atoms with Crippen LogP contribution in [0.25, 0.3) is 0 Å². The van der Waals surface area contributed by atoms with Gasteiger partial charge < -0.3 is 4.74 Å². The predicted octanol–water partition coefficient (Wildman–Crippen LogP) is 3.60. The third-order valence-corrected chi connectivity index (χ3v) is 3.57. The lowest BCUT2D eigenvalue weighted by Crippen LogP contribution is -2.24. The van der Waals surface area contributed by atoms with Crippen LogP contribution in [-0.4, -0.2) is 18.7 Å². The molecule has 2 rings (SSSR count). The molecule has 114 valence electrons. The fourth-order valence-corrected chi connectivity index (χ4v) is 2.33. The molecule has 22 heavy (non-hydrogen) atoms. The fraction of sp³-hybridized carbons (Fsp3) is 0.176. The first-order valence-electron chi connectivity index (χ1n) is 6.83. The van der Waals surface area contributed by atoms with E-state index in [0.29, 0.717) is 5.75 Å². The van der Waals surface area contributed by atoms with Crippen LogP contribution in [0.4, 0.5) is 0 Å². The molecule has 0 bridgehead atoms. The molecule has 0 saturated heterocycles. The molecule has 0 spiro atoms. The normalized spacial score (nSPS) is 10.7. The molecule has 0 radical (unpaired) electrons. The number of aryl methyl sites for hydroxylation is 2. The Morgan fingerprint density at radius 2 is 2.00 bits per heavy atom. The van der Waals surface area contributed by atoms with Crippen molar-refractivity contribution in [1.82, 2.24) is 5.43 Å². The van der Waals surface area contributed by atoms with E-state index in [1.807, 2.05) is 56.3 Å². The highest BCUT2D eigenvalue weighted by molar-refractivity contribution is 9.10. The molecule has 0 saturated carbocycles. The number of benzene rings is 2. The van der Waals surface area contributed by atoms with Gasteiger partial charge in [-0.15, -0.1) is 0 Å². The highest BCUT2D eigenvalue weighted by Crippen LogP contribution is 2.21. The number of nitrogens with one attached hydrogen (secondary N) is 1. The number of carbonyl (C=O) groups excluding carboxylic acids is 1. The smallest absolute Gasteiger partial charge is 0.277 e. The van der Waals surface area contributed by atoms with Crippen LogP contribution in [0.1, 0.15) is 16.7 Å². The van der Waals surface area contributed by atoms with Gasteiger partial charge in [0.2, 0.25) is 0 Å². The topological polar surface area (TPSA) is 50.7 Å². The van der Waals surface area contributed by atoms with E-state index >= 15 is 0 Å². The Morgan fingerprint density at radius 3 is 2.73 bits per heavy atom. The van der Waals surface area contributed by atoms with Gasteiger partial charge in [-0.25, -0.2) is 5.43 Å². The average molecular weight is 361 g/mol. The summed E-state index contributed by atoms with van der Waals surface area (Å²) >= 11 is 3.38. The van der Waals surface area contributed by atoms with Crippen molar-refractivity contribution in [3.63, 3.8) is 0 Å². The van der Waals surface area contributed by atoms with Crippen LogP contribution < -0.4 is 10.2 Å². The van der Waals surface area contributed by atoms with Gasteiger partial charge in [0, 0.05) is 4.47 Å². The summed E-state index contributed by atoms with van der Waals surface area (Å²) in [6, 6.07) is 13.4. The van der Waals surface area contributed by atoms with Gasteiger partial charge in [-0.05, 0) is 48.7 Å². The molecule has 2 aromatic rings. The Labute approximate surface area is 138 Å². The maximum Gasteiger partial charge on any atom is 0.277 e. The minimum Gasteiger partial charge on any atom is -0.483 e. The largest absolute Gasteiger partial charge is 0.483 e. The highest BCUT2D eigenvalue weighted by atomic mass is 79.9. The monoisotopic (exact) mass is 360 g/mol. The zero-order valence-electron chi connectivity index (χ0n) is 12.5. The number of amides is 1. The molecule has 2 aromatic carbocycles. The van der Waals surface area contributed by atoms with Gasteiger partial charge in [-0.2, -0.15) is 5.10 Å². The summed E-state index contributed by atoms with van der Waals surface area (Å²) < 4.78 is 6.45. The van der Waals surface area contributed by atoms with E-state index in [9.17, 15) is 4.79 Å². The number of nitrogens with zero attached hydrogens (tertiary/aromatic N) is 1. The lowest BCUT2D eigenvalue weighted by atomic mass is 10.1. The van der Waals surface area contributed by atoms with Crippen LogP contribution in [0.5, 0.6) is 5.75 Å². The maximum atomic E-state index is 11.7. The Balaban J connectivity index is 1.84. The summed E-state index contributed by atoms with van der Waals surface area (Å²) in [6.07, 6.45) is 1.62. The summed E-state index contributed by atoms with van der Waals surface area (Å²) in [4.78, 5) is 11.7. The first kappa shape index (κ1) is 16.2. The molecule has 0 aliphatic carbocycles. The standard InChI is InChI=1S/C17H17BrN2O2/c1-12-5-3-4-6-14(12)10-19-20-17(21)11-22-16-8-7-15(18)9-13(16)2/h3-10H,11H2,1-2H3,(H,20,21). The molecule has 5 heteroatoms. The van der Waals surface area contributed by atoms with Crippen molar-refractivity contribution < 1.29 is 9.53 Å². The number of carbonyl (C=O) groups is 1. The Bertz CT molecular complexity index is 699. The van der Waals surface area contributed by atoms with Gasteiger partial charge in [0.15, 0.2) is 6.61 Å². The molecule has 4 nitrogen and oxygen atoms in total. The molecule has 0 atom stereocenters. The van der Waals surface area contributed by atoms with Crippen LogP contribution >= 0.6 is 15.9 Å². The minimum atomic E-state index is -0.299. The maximum absolute atomic E-state index is 11.7. The van der Waals surface area contributed by atoms with Crippen molar-refractivity contribution in [2.75, 3.05) is 6.61 Å². The van der Waals surface area contributed by atoms with E-state index in [2.05, 4.69) is 26.5 Å². The third kappa shape index (κ3) is 4.70. The molecule has 1 N–H and O–H groups in total. The Kier molecular flexibility index (Phi) is 5.72. The average Bonchev–Trinajstić information content (AvgIpc) is 2.48. The van der Waals surface area contributed by atoms with Gasteiger partial charge in [0.1, 0.15) is 5.75 Å². The van der Waals surface area contributed by atoms with Gasteiger partial charge in [-0.3, -0.25) is 4.79 Å². The molecule has 0 unspecified atom stereocenters.